The number of rotatable bonds is 2. The Morgan fingerprint density at radius 1 is 1.33 bits per heavy atom. The van der Waals surface area contributed by atoms with Gasteiger partial charge in [0.15, 0.2) is 11.6 Å². The summed E-state index contributed by atoms with van der Waals surface area (Å²) < 4.78 is 0. The molecule has 3 fully saturated rings. The first-order valence-electron chi connectivity index (χ1n) is 10.1. The summed E-state index contributed by atoms with van der Waals surface area (Å²) in [5.74, 6) is -0.539. The number of Topliss-reactive ketones (excluding diaryl/α,β-unsaturated/α-hetero) is 1. The molecule has 4 aliphatic carbocycles. The molecule has 0 spiro atoms. The minimum absolute atomic E-state index is 0.00784. The molecule has 3 unspecified atom stereocenters. The van der Waals surface area contributed by atoms with Crippen LogP contribution < -0.4 is 0 Å². The predicted octanol–water partition coefficient (Wildman–Crippen LogP) is 1.80. The van der Waals surface area contributed by atoms with Gasteiger partial charge in [0.25, 0.3) is 0 Å². The lowest BCUT2D eigenvalue weighted by molar-refractivity contribution is -0.183. The second kappa shape index (κ2) is 5.85. The highest BCUT2D eigenvalue weighted by Gasteiger charge is 2.70. The van der Waals surface area contributed by atoms with E-state index >= 15 is 0 Å². The van der Waals surface area contributed by atoms with Crippen LogP contribution in [0, 0.1) is 34.5 Å². The summed E-state index contributed by atoms with van der Waals surface area (Å²) >= 11 is 0. The SMILES string of the molecule is C[C@@H]1CC2C3CCC4=CC(=O)C=C[C@]4(C)C3[C@H](O)C[C@]2(C)[C@@]1(O)C(=O)CO. The Balaban J connectivity index is 1.78. The van der Waals surface area contributed by atoms with Crippen LogP contribution in [0.2, 0.25) is 0 Å². The van der Waals surface area contributed by atoms with E-state index in [4.69, 9.17) is 0 Å². The van der Waals surface area contributed by atoms with E-state index in [9.17, 15) is 24.9 Å². The van der Waals surface area contributed by atoms with Crippen LogP contribution >= 0.6 is 0 Å². The Bertz CT molecular complexity index is 754. The van der Waals surface area contributed by atoms with Gasteiger partial charge in [-0.05, 0) is 55.6 Å². The number of aliphatic hydroxyl groups is 3. The smallest absolute Gasteiger partial charge is 0.190 e. The zero-order valence-corrected chi connectivity index (χ0v) is 16.3. The largest absolute Gasteiger partial charge is 0.393 e. The van der Waals surface area contributed by atoms with Crippen LogP contribution in [-0.2, 0) is 9.59 Å². The van der Waals surface area contributed by atoms with Crippen molar-refractivity contribution < 1.29 is 24.9 Å². The van der Waals surface area contributed by atoms with Gasteiger partial charge in [-0.3, -0.25) is 9.59 Å². The number of carbonyl (C=O) groups excluding carboxylic acids is 2. The quantitative estimate of drug-likeness (QED) is 0.685. The van der Waals surface area contributed by atoms with Crippen molar-refractivity contribution in [3.63, 3.8) is 0 Å². The first kappa shape index (κ1) is 19.0. The van der Waals surface area contributed by atoms with Gasteiger partial charge < -0.3 is 15.3 Å². The Morgan fingerprint density at radius 3 is 2.70 bits per heavy atom. The molecule has 0 saturated heterocycles. The highest BCUT2D eigenvalue weighted by molar-refractivity contribution is 6.01. The molecule has 0 radical (unpaired) electrons. The van der Waals surface area contributed by atoms with Crippen LogP contribution in [0.15, 0.2) is 23.8 Å². The van der Waals surface area contributed by atoms with E-state index in [1.165, 1.54) is 0 Å². The Kier molecular flexibility index (Phi) is 4.12. The van der Waals surface area contributed by atoms with Crippen molar-refractivity contribution in [2.45, 2.75) is 58.2 Å². The fraction of sp³-hybridized carbons (Fsp3) is 0.727. The van der Waals surface area contributed by atoms with E-state index < -0.39 is 29.5 Å². The Labute approximate surface area is 160 Å². The molecular weight excluding hydrogens is 344 g/mol. The third-order valence-electron chi connectivity index (χ3n) is 8.65. The maximum Gasteiger partial charge on any atom is 0.190 e. The molecule has 5 heteroatoms. The van der Waals surface area contributed by atoms with E-state index in [0.29, 0.717) is 12.8 Å². The van der Waals surface area contributed by atoms with Crippen LogP contribution in [0.1, 0.15) is 46.5 Å². The van der Waals surface area contributed by atoms with Gasteiger partial charge >= 0.3 is 0 Å². The second-order valence-electron chi connectivity index (χ2n) is 9.70. The van der Waals surface area contributed by atoms with Gasteiger partial charge in [0.05, 0.1) is 6.10 Å². The maximum atomic E-state index is 12.6. The number of ketones is 2. The zero-order valence-electron chi connectivity index (χ0n) is 16.3. The number of fused-ring (bicyclic) bond motifs is 5. The molecule has 0 aliphatic heterocycles. The Hall–Kier alpha value is -1.30. The zero-order chi connectivity index (χ0) is 19.8. The summed E-state index contributed by atoms with van der Waals surface area (Å²) in [6.45, 7) is 5.23. The van der Waals surface area contributed by atoms with E-state index in [2.05, 4.69) is 6.92 Å². The van der Waals surface area contributed by atoms with Gasteiger partial charge in [-0.15, -0.1) is 0 Å². The molecular formula is C22H30O5. The van der Waals surface area contributed by atoms with Crippen LogP contribution in [0.4, 0.5) is 0 Å². The number of hydrogen-bond acceptors (Lipinski definition) is 5. The summed E-state index contributed by atoms with van der Waals surface area (Å²) in [7, 11) is 0. The molecule has 3 saturated carbocycles. The summed E-state index contributed by atoms with van der Waals surface area (Å²) in [6.07, 6.45) is 7.30. The second-order valence-corrected chi connectivity index (χ2v) is 9.70. The van der Waals surface area contributed by atoms with Crippen LogP contribution in [0.25, 0.3) is 0 Å². The average molecular weight is 374 g/mol. The number of allylic oxidation sites excluding steroid dienone is 4. The molecule has 0 aromatic carbocycles. The number of aliphatic hydroxyl groups excluding tert-OH is 2. The lowest BCUT2D eigenvalue weighted by Crippen LogP contribution is -2.62. The molecule has 0 bridgehead atoms. The monoisotopic (exact) mass is 374 g/mol. The minimum Gasteiger partial charge on any atom is -0.393 e. The molecule has 4 rings (SSSR count). The molecule has 8 atom stereocenters. The number of carbonyl (C=O) groups is 2. The van der Waals surface area contributed by atoms with Gasteiger partial charge in [-0.25, -0.2) is 0 Å². The van der Waals surface area contributed by atoms with Gasteiger partial charge in [-0.1, -0.05) is 32.4 Å². The van der Waals surface area contributed by atoms with Crippen molar-refractivity contribution in [2.75, 3.05) is 6.61 Å². The average Bonchev–Trinajstić information content (AvgIpc) is 2.82. The molecule has 0 heterocycles. The highest BCUT2D eigenvalue weighted by atomic mass is 16.3. The summed E-state index contributed by atoms with van der Waals surface area (Å²) in [4.78, 5) is 24.4. The van der Waals surface area contributed by atoms with Crippen LogP contribution in [0.3, 0.4) is 0 Å². The minimum atomic E-state index is -1.60. The van der Waals surface area contributed by atoms with Gasteiger partial charge in [-0.2, -0.15) is 0 Å². The van der Waals surface area contributed by atoms with Crippen molar-refractivity contribution in [2.24, 2.45) is 34.5 Å². The fourth-order valence-corrected chi connectivity index (χ4v) is 7.37. The van der Waals surface area contributed by atoms with Crippen molar-refractivity contribution in [1.29, 1.82) is 0 Å². The molecule has 0 aromatic heterocycles. The molecule has 148 valence electrons. The van der Waals surface area contributed by atoms with E-state index in [0.717, 1.165) is 18.4 Å². The van der Waals surface area contributed by atoms with Crippen molar-refractivity contribution >= 4 is 11.6 Å². The van der Waals surface area contributed by atoms with Gasteiger partial charge in [0.1, 0.15) is 12.2 Å². The summed E-state index contributed by atoms with van der Waals surface area (Å²) in [6, 6.07) is 0. The molecule has 0 aromatic rings. The number of hydrogen-bond donors (Lipinski definition) is 3. The molecule has 27 heavy (non-hydrogen) atoms. The molecule has 0 amide bonds. The molecule has 5 nitrogen and oxygen atoms in total. The summed E-state index contributed by atoms with van der Waals surface area (Å²) in [5, 5.41) is 32.1. The van der Waals surface area contributed by atoms with E-state index in [-0.39, 0.29) is 34.9 Å². The maximum absolute atomic E-state index is 12.6. The van der Waals surface area contributed by atoms with Crippen molar-refractivity contribution in [3.05, 3.63) is 23.8 Å². The Morgan fingerprint density at radius 2 is 2.04 bits per heavy atom. The normalized spacial score (nSPS) is 51.3. The van der Waals surface area contributed by atoms with Gasteiger partial charge in [0, 0.05) is 16.7 Å². The predicted molar refractivity (Wildman–Crippen MR) is 99.6 cm³/mol. The standard InChI is InChI=1S/C22H30O5/c1-12-8-16-15-5-4-13-9-14(24)6-7-20(13,2)19(15)17(25)10-21(16,3)22(12,27)18(26)11-23/h6-7,9,12,15-17,19,23,25,27H,4-5,8,10-11H2,1-3H3/t12-,15?,16?,17-,19?,20+,21+,22+/m1/s1. The fourth-order valence-electron chi connectivity index (χ4n) is 7.37. The van der Waals surface area contributed by atoms with Crippen molar-refractivity contribution in [3.8, 4) is 0 Å². The van der Waals surface area contributed by atoms with Crippen LogP contribution in [-0.4, -0.2) is 45.2 Å². The first-order valence-corrected chi connectivity index (χ1v) is 10.1. The lowest BCUT2D eigenvalue weighted by atomic mass is 9.46. The van der Waals surface area contributed by atoms with E-state index in [1.54, 1.807) is 12.2 Å². The third-order valence-corrected chi connectivity index (χ3v) is 8.65. The van der Waals surface area contributed by atoms with Crippen LogP contribution in [0.5, 0.6) is 0 Å². The highest BCUT2D eigenvalue weighted by Crippen LogP contribution is 2.68. The third kappa shape index (κ3) is 2.22. The molecule has 4 aliphatic rings. The van der Waals surface area contributed by atoms with E-state index in [1.807, 2.05) is 19.9 Å². The van der Waals surface area contributed by atoms with Crippen molar-refractivity contribution in [1.82, 2.24) is 0 Å². The molecule has 3 N–H and O–H groups in total. The lowest BCUT2D eigenvalue weighted by Gasteiger charge is -2.59. The summed E-state index contributed by atoms with van der Waals surface area (Å²) in [5.41, 5.74) is -1.62. The van der Waals surface area contributed by atoms with Gasteiger partial charge in [0.2, 0.25) is 0 Å². The first-order chi connectivity index (χ1) is 12.6. The topological polar surface area (TPSA) is 94.8 Å².